The summed E-state index contributed by atoms with van der Waals surface area (Å²) in [7, 11) is 1.66. The molecule has 0 spiro atoms. The molecule has 0 atom stereocenters. The summed E-state index contributed by atoms with van der Waals surface area (Å²) in [5.41, 5.74) is 7.86. The molecule has 2 N–H and O–H groups in total. The van der Waals surface area contributed by atoms with Gasteiger partial charge < -0.3 is 19.9 Å². The van der Waals surface area contributed by atoms with Crippen LogP contribution in [0, 0.1) is 0 Å². The van der Waals surface area contributed by atoms with Crippen LogP contribution in [0.1, 0.15) is 24.0 Å². The molecule has 0 radical (unpaired) electrons. The maximum atomic E-state index is 5.88. The number of ether oxygens (including phenoxy) is 3. The molecule has 1 heterocycles. The predicted molar refractivity (Wildman–Crippen MR) is 69.5 cm³/mol. The van der Waals surface area contributed by atoms with Crippen molar-refractivity contribution in [3.63, 3.8) is 0 Å². The monoisotopic (exact) mass is 251 g/mol. The minimum atomic E-state index is 0.321. The van der Waals surface area contributed by atoms with Crippen molar-refractivity contribution in [1.29, 1.82) is 0 Å². The molecule has 1 aliphatic heterocycles. The zero-order chi connectivity index (χ0) is 12.8. The Morgan fingerprint density at radius 3 is 2.78 bits per heavy atom. The topological polar surface area (TPSA) is 53.7 Å². The Labute approximate surface area is 108 Å². The number of benzene rings is 1. The highest BCUT2D eigenvalue weighted by molar-refractivity contribution is 5.36. The van der Waals surface area contributed by atoms with Crippen LogP contribution >= 0.6 is 0 Å². The lowest BCUT2D eigenvalue weighted by atomic mass is 10.1. The lowest BCUT2D eigenvalue weighted by Crippen LogP contribution is -2.23. The first kappa shape index (κ1) is 13.3. The maximum Gasteiger partial charge on any atom is 0.123 e. The van der Waals surface area contributed by atoms with E-state index in [9.17, 15) is 0 Å². The summed E-state index contributed by atoms with van der Waals surface area (Å²) in [6.45, 7) is 2.72. The molecule has 2 rings (SSSR count). The van der Waals surface area contributed by atoms with Crippen molar-refractivity contribution >= 4 is 0 Å². The third kappa shape index (κ3) is 3.45. The smallest absolute Gasteiger partial charge is 0.123 e. The van der Waals surface area contributed by atoms with Gasteiger partial charge in [0.25, 0.3) is 0 Å². The first-order valence-electron chi connectivity index (χ1n) is 6.38. The Bertz CT molecular complexity index is 375. The van der Waals surface area contributed by atoms with Crippen LogP contribution in [-0.4, -0.2) is 26.4 Å². The van der Waals surface area contributed by atoms with Gasteiger partial charge in [-0.3, -0.25) is 0 Å². The molecule has 1 aromatic carbocycles. The third-order valence-corrected chi connectivity index (χ3v) is 3.22. The molecule has 0 aromatic heterocycles. The second kappa shape index (κ2) is 6.73. The quantitative estimate of drug-likeness (QED) is 0.867. The number of nitrogens with two attached hydrogens (primary N) is 1. The van der Waals surface area contributed by atoms with Gasteiger partial charge in [0.1, 0.15) is 5.75 Å². The molecule has 0 saturated carbocycles. The minimum Gasteiger partial charge on any atom is -0.496 e. The molecule has 1 saturated heterocycles. The summed E-state index contributed by atoms with van der Waals surface area (Å²) in [5, 5.41) is 0. The van der Waals surface area contributed by atoms with Crippen LogP contribution in [-0.2, 0) is 22.6 Å². The van der Waals surface area contributed by atoms with E-state index in [4.69, 9.17) is 19.9 Å². The zero-order valence-electron chi connectivity index (χ0n) is 10.9. The maximum absolute atomic E-state index is 5.88. The predicted octanol–water partition coefficient (Wildman–Crippen LogP) is 1.85. The molecule has 100 valence electrons. The van der Waals surface area contributed by atoms with Crippen molar-refractivity contribution < 1.29 is 14.2 Å². The van der Waals surface area contributed by atoms with Crippen LogP contribution in [0.15, 0.2) is 18.2 Å². The van der Waals surface area contributed by atoms with Gasteiger partial charge in [0.15, 0.2) is 0 Å². The van der Waals surface area contributed by atoms with Crippen LogP contribution in [0.2, 0.25) is 0 Å². The second-order valence-corrected chi connectivity index (χ2v) is 4.47. The van der Waals surface area contributed by atoms with Gasteiger partial charge in [0, 0.05) is 25.3 Å². The fourth-order valence-electron chi connectivity index (χ4n) is 2.14. The molecule has 1 aromatic rings. The van der Waals surface area contributed by atoms with Crippen molar-refractivity contribution in [1.82, 2.24) is 0 Å². The Morgan fingerprint density at radius 2 is 2.11 bits per heavy atom. The highest BCUT2D eigenvalue weighted by Gasteiger charge is 2.14. The normalized spacial score (nSPS) is 16.8. The van der Waals surface area contributed by atoms with Gasteiger partial charge in [0.05, 0.1) is 19.8 Å². The molecular weight excluding hydrogens is 230 g/mol. The van der Waals surface area contributed by atoms with Crippen molar-refractivity contribution in [3.05, 3.63) is 29.3 Å². The standard InChI is InChI=1S/C14H21NO3/c1-16-14-3-2-11(8-12(14)9-15)10-18-13-4-6-17-7-5-13/h2-3,8,13H,4-7,9-10,15H2,1H3. The minimum absolute atomic E-state index is 0.321. The van der Waals surface area contributed by atoms with Gasteiger partial charge in [-0.25, -0.2) is 0 Å². The average Bonchev–Trinajstić information content (AvgIpc) is 2.45. The van der Waals surface area contributed by atoms with Crippen LogP contribution in [0.4, 0.5) is 0 Å². The fourth-order valence-corrected chi connectivity index (χ4v) is 2.14. The van der Waals surface area contributed by atoms with Gasteiger partial charge in [-0.1, -0.05) is 6.07 Å². The summed E-state index contributed by atoms with van der Waals surface area (Å²) in [4.78, 5) is 0. The van der Waals surface area contributed by atoms with Gasteiger partial charge in [-0.05, 0) is 30.5 Å². The molecule has 4 heteroatoms. The first-order chi connectivity index (χ1) is 8.83. The van der Waals surface area contributed by atoms with Crippen molar-refractivity contribution in [2.45, 2.75) is 32.1 Å². The highest BCUT2D eigenvalue weighted by atomic mass is 16.5. The highest BCUT2D eigenvalue weighted by Crippen LogP contribution is 2.21. The van der Waals surface area contributed by atoms with E-state index < -0.39 is 0 Å². The number of hydrogen-bond donors (Lipinski definition) is 1. The fraction of sp³-hybridized carbons (Fsp3) is 0.571. The van der Waals surface area contributed by atoms with E-state index in [0.29, 0.717) is 19.3 Å². The lowest BCUT2D eigenvalue weighted by Gasteiger charge is -2.22. The molecule has 0 aliphatic carbocycles. The summed E-state index contributed by atoms with van der Waals surface area (Å²) < 4.78 is 16.4. The molecular formula is C14H21NO3. The van der Waals surface area contributed by atoms with Gasteiger partial charge in [-0.2, -0.15) is 0 Å². The number of rotatable bonds is 5. The van der Waals surface area contributed by atoms with Crippen LogP contribution in [0.3, 0.4) is 0 Å². The van der Waals surface area contributed by atoms with E-state index in [0.717, 1.165) is 42.9 Å². The third-order valence-electron chi connectivity index (χ3n) is 3.22. The first-order valence-corrected chi connectivity index (χ1v) is 6.38. The zero-order valence-corrected chi connectivity index (χ0v) is 10.9. The van der Waals surface area contributed by atoms with E-state index in [1.54, 1.807) is 7.11 Å². The summed E-state index contributed by atoms with van der Waals surface area (Å²) >= 11 is 0. The second-order valence-electron chi connectivity index (χ2n) is 4.47. The summed E-state index contributed by atoms with van der Waals surface area (Å²) in [6, 6.07) is 6.03. The Kier molecular flexibility index (Phi) is 4.99. The van der Waals surface area contributed by atoms with E-state index in [-0.39, 0.29) is 0 Å². The van der Waals surface area contributed by atoms with Crippen molar-refractivity contribution in [2.75, 3.05) is 20.3 Å². The molecule has 1 fully saturated rings. The molecule has 0 amide bonds. The van der Waals surface area contributed by atoms with Crippen LogP contribution in [0.5, 0.6) is 5.75 Å². The molecule has 4 nitrogen and oxygen atoms in total. The van der Waals surface area contributed by atoms with Crippen LogP contribution in [0.25, 0.3) is 0 Å². The van der Waals surface area contributed by atoms with E-state index >= 15 is 0 Å². The van der Waals surface area contributed by atoms with E-state index in [1.165, 1.54) is 0 Å². The Balaban J connectivity index is 1.92. The number of hydrogen-bond acceptors (Lipinski definition) is 4. The molecule has 1 aliphatic rings. The molecule has 0 unspecified atom stereocenters. The Hall–Kier alpha value is -1.10. The van der Waals surface area contributed by atoms with Crippen LogP contribution < -0.4 is 10.5 Å². The Morgan fingerprint density at radius 1 is 1.33 bits per heavy atom. The summed E-state index contributed by atoms with van der Waals surface area (Å²) in [6.07, 6.45) is 2.29. The van der Waals surface area contributed by atoms with Crippen molar-refractivity contribution in [3.8, 4) is 5.75 Å². The molecule has 18 heavy (non-hydrogen) atoms. The lowest BCUT2D eigenvalue weighted by molar-refractivity contribution is -0.0390. The van der Waals surface area contributed by atoms with Gasteiger partial charge in [-0.15, -0.1) is 0 Å². The SMILES string of the molecule is COc1ccc(COC2CCOCC2)cc1CN. The summed E-state index contributed by atoms with van der Waals surface area (Å²) in [5.74, 6) is 0.840. The van der Waals surface area contributed by atoms with Crippen molar-refractivity contribution in [2.24, 2.45) is 5.73 Å². The van der Waals surface area contributed by atoms with E-state index in [1.807, 2.05) is 12.1 Å². The van der Waals surface area contributed by atoms with Gasteiger partial charge >= 0.3 is 0 Å². The molecule has 0 bridgehead atoms. The van der Waals surface area contributed by atoms with E-state index in [2.05, 4.69) is 6.07 Å². The number of methoxy groups -OCH3 is 1. The van der Waals surface area contributed by atoms with Gasteiger partial charge in [0.2, 0.25) is 0 Å². The largest absolute Gasteiger partial charge is 0.496 e. The average molecular weight is 251 g/mol.